The van der Waals surface area contributed by atoms with Crippen LogP contribution in [0.15, 0.2) is 9.98 Å². The maximum Gasteiger partial charge on any atom is 0.274 e. The molecule has 1 aliphatic carbocycles. The molecule has 17 heavy (non-hydrogen) atoms. The number of thiazole rings is 1. The predicted octanol–water partition coefficient (Wildman–Crippen LogP) is 2.62. The average molecular weight is 315 g/mol. The molecule has 0 spiro atoms. The lowest BCUT2D eigenvalue weighted by atomic mass is 9.66. The van der Waals surface area contributed by atoms with Gasteiger partial charge in [-0.1, -0.05) is 11.3 Å². The van der Waals surface area contributed by atoms with Crippen LogP contribution in [0.25, 0.3) is 0 Å². The van der Waals surface area contributed by atoms with Crippen molar-refractivity contribution in [1.82, 2.24) is 9.88 Å². The predicted molar refractivity (Wildman–Crippen MR) is 70.4 cm³/mol. The Bertz CT molecular complexity index is 408. The maximum absolute atomic E-state index is 6.16. The Morgan fingerprint density at radius 3 is 2.65 bits per heavy atom. The summed E-state index contributed by atoms with van der Waals surface area (Å²) in [6, 6.07) is 0. The average Bonchev–Trinajstić information content (AvgIpc) is 2.68. The third-order valence-corrected chi connectivity index (χ3v) is 5.83. The van der Waals surface area contributed by atoms with Gasteiger partial charge in [0.2, 0.25) is 0 Å². The summed E-state index contributed by atoms with van der Waals surface area (Å²) >= 11 is 4.99. The van der Waals surface area contributed by atoms with E-state index in [9.17, 15) is 0 Å². The van der Waals surface area contributed by atoms with E-state index in [2.05, 4.69) is 25.8 Å². The van der Waals surface area contributed by atoms with Crippen molar-refractivity contribution in [3.63, 3.8) is 0 Å². The fourth-order valence-corrected chi connectivity index (χ4v) is 5.09. The Balaban J connectivity index is 1.54. The molecule has 2 unspecified atom stereocenters. The highest BCUT2D eigenvalue weighted by molar-refractivity contribution is 9.10. The third-order valence-electron chi connectivity index (χ3n) is 4.40. The van der Waals surface area contributed by atoms with Crippen LogP contribution in [-0.2, 0) is 0 Å². The van der Waals surface area contributed by atoms with Gasteiger partial charge in [-0.3, -0.25) is 0 Å². The molecule has 3 nitrogen and oxygen atoms in total. The lowest BCUT2D eigenvalue weighted by Gasteiger charge is -2.55. The van der Waals surface area contributed by atoms with Gasteiger partial charge in [-0.2, -0.15) is 4.98 Å². The monoisotopic (exact) mass is 314 g/mol. The summed E-state index contributed by atoms with van der Waals surface area (Å²) in [5.74, 6) is 2.42. The molecule has 4 bridgehead atoms. The van der Waals surface area contributed by atoms with Crippen molar-refractivity contribution < 1.29 is 4.74 Å². The van der Waals surface area contributed by atoms with E-state index >= 15 is 0 Å². The van der Waals surface area contributed by atoms with Crippen molar-refractivity contribution in [2.24, 2.45) is 17.8 Å². The van der Waals surface area contributed by atoms with Crippen LogP contribution in [0.3, 0.4) is 0 Å². The molecule has 0 N–H and O–H groups in total. The quantitative estimate of drug-likeness (QED) is 0.839. The molecule has 2 atom stereocenters. The molecular formula is C12H15BrN2OS. The van der Waals surface area contributed by atoms with E-state index in [0.717, 1.165) is 27.6 Å². The van der Waals surface area contributed by atoms with E-state index in [4.69, 9.17) is 4.74 Å². The molecule has 0 aromatic carbocycles. The summed E-state index contributed by atoms with van der Waals surface area (Å²) in [7, 11) is 0. The van der Waals surface area contributed by atoms with Crippen LogP contribution >= 0.6 is 27.3 Å². The number of rotatable bonds is 2. The van der Waals surface area contributed by atoms with Gasteiger partial charge in [-0.05, 0) is 34.7 Å². The number of halogens is 1. The molecule has 4 fully saturated rings. The molecule has 5 rings (SSSR count). The van der Waals surface area contributed by atoms with E-state index in [1.54, 1.807) is 11.3 Å². The van der Waals surface area contributed by atoms with Crippen molar-refractivity contribution >= 4 is 27.3 Å². The van der Waals surface area contributed by atoms with Crippen LogP contribution < -0.4 is 4.74 Å². The topological polar surface area (TPSA) is 25.4 Å². The van der Waals surface area contributed by atoms with Crippen LogP contribution in [0, 0.1) is 17.8 Å². The second-order valence-corrected chi connectivity index (χ2v) is 7.23. The minimum absolute atomic E-state index is 0.417. The Hall–Kier alpha value is -0.130. The highest BCUT2D eigenvalue weighted by Gasteiger charge is 2.48. The van der Waals surface area contributed by atoms with Crippen molar-refractivity contribution in [3.8, 4) is 5.19 Å². The largest absolute Gasteiger partial charge is 0.466 e. The lowest BCUT2D eigenvalue weighted by molar-refractivity contribution is -0.0985. The zero-order chi connectivity index (χ0) is 11.4. The molecule has 4 aliphatic rings. The number of hydrogen-bond donors (Lipinski definition) is 0. The van der Waals surface area contributed by atoms with Gasteiger partial charge >= 0.3 is 0 Å². The van der Waals surface area contributed by atoms with Crippen LogP contribution in [0.4, 0.5) is 0 Å². The smallest absolute Gasteiger partial charge is 0.274 e. The summed E-state index contributed by atoms with van der Waals surface area (Å²) in [5.41, 5.74) is 0. The Morgan fingerprint density at radius 1 is 1.29 bits per heavy atom. The molecule has 3 aliphatic heterocycles. The van der Waals surface area contributed by atoms with Gasteiger partial charge in [0.05, 0.1) is 0 Å². The standard InChI is InChI=1S/C12H15BrN2OS/c13-10-6-17-12(14-10)16-11-8-1-7-2-9(11)5-15(3-7)4-8/h6-9,11H,1-5H2. The second-order valence-electron chi connectivity index (χ2n) is 5.59. The Kier molecular flexibility index (Phi) is 2.49. The molecule has 0 radical (unpaired) electrons. The fraction of sp³-hybridized carbons (Fsp3) is 0.750. The van der Waals surface area contributed by atoms with Gasteiger partial charge in [-0.15, -0.1) is 0 Å². The number of nitrogens with zero attached hydrogens (tertiary/aromatic N) is 2. The van der Waals surface area contributed by atoms with Gasteiger partial charge in [0.15, 0.2) is 0 Å². The zero-order valence-corrected chi connectivity index (χ0v) is 11.9. The highest BCUT2D eigenvalue weighted by Crippen LogP contribution is 2.45. The SMILES string of the molecule is Brc1csc(OC2C3CC4CC2CN(C4)C3)n1. The van der Waals surface area contributed by atoms with E-state index in [-0.39, 0.29) is 0 Å². The lowest BCUT2D eigenvalue weighted by Crippen LogP contribution is -2.61. The zero-order valence-electron chi connectivity index (χ0n) is 9.51. The van der Waals surface area contributed by atoms with Crippen molar-refractivity contribution in [2.45, 2.75) is 18.9 Å². The minimum atomic E-state index is 0.417. The van der Waals surface area contributed by atoms with Crippen LogP contribution in [0.2, 0.25) is 0 Å². The van der Waals surface area contributed by atoms with E-state index in [0.29, 0.717) is 6.10 Å². The van der Waals surface area contributed by atoms with Crippen molar-refractivity contribution in [2.75, 3.05) is 19.6 Å². The van der Waals surface area contributed by atoms with Gasteiger partial charge in [0, 0.05) is 36.9 Å². The molecule has 1 aromatic heterocycles. The summed E-state index contributed by atoms with van der Waals surface area (Å²) in [6.45, 7) is 3.82. The van der Waals surface area contributed by atoms with E-state index < -0.39 is 0 Å². The number of aromatic nitrogens is 1. The first kappa shape index (κ1) is 10.8. The molecule has 5 heteroatoms. The summed E-state index contributed by atoms with van der Waals surface area (Å²) in [4.78, 5) is 6.99. The highest BCUT2D eigenvalue weighted by atomic mass is 79.9. The van der Waals surface area contributed by atoms with Crippen LogP contribution in [0.1, 0.15) is 12.8 Å². The Labute approximate surface area is 113 Å². The Morgan fingerprint density at radius 2 is 2.06 bits per heavy atom. The number of ether oxygens (including phenoxy) is 1. The van der Waals surface area contributed by atoms with Crippen molar-refractivity contribution in [1.29, 1.82) is 0 Å². The molecule has 3 saturated heterocycles. The minimum Gasteiger partial charge on any atom is -0.466 e. The normalized spacial score (nSPS) is 43.0. The first-order chi connectivity index (χ1) is 8.28. The van der Waals surface area contributed by atoms with Gasteiger partial charge in [0.1, 0.15) is 10.7 Å². The molecule has 0 amide bonds. The fourth-order valence-electron chi connectivity index (χ4n) is 3.97. The van der Waals surface area contributed by atoms with Crippen LogP contribution in [-0.4, -0.2) is 35.6 Å². The van der Waals surface area contributed by atoms with Gasteiger partial charge in [-0.25, -0.2) is 0 Å². The van der Waals surface area contributed by atoms with Crippen LogP contribution in [0.5, 0.6) is 5.19 Å². The molecule has 92 valence electrons. The number of piperidine rings is 3. The van der Waals surface area contributed by atoms with Crippen molar-refractivity contribution in [3.05, 3.63) is 9.98 Å². The molecular weight excluding hydrogens is 300 g/mol. The summed E-state index contributed by atoms with van der Waals surface area (Å²) < 4.78 is 7.06. The first-order valence-electron chi connectivity index (χ1n) is 6.28. The second kappa shape index (κ2) is 3.93. The molecule has 4 heterocycles. The maximum atomic E-state index is 6.16. The van der Waals surface area contributed by atoms with Gasteiger partial charge in [0.25, 0.3) is 5.19 Å². The van der Waals surface area contributed by atoms with E-state index in [1.807, 2.05) is 5.38 Å². The summed E-state index contributed by atoms with van der Waals surface area (Å²) in [5, 5.41) is 2.83. The summed E-state index contributed by atoms with van der Waals surface area (Å²) in [6.07, 6.45) is 3.15. The third kappa shape index (κ3) is 1.83. The van der Waals surface area contributed by atoms with Gasteiger partial charge < -0.3 is 9.64 Å². The first-order valence-corrected chi connectivity index (χ1v) is 7.95. The number of hydrogen-bond acceptors (Lipinski definition) is 4. The molecule has 1 saturated carbocycles. The molecule has 1 aromatic rings. The van der Waals surface area contributed by atoms with E-state index in [1.165, 1.54) is 32.5 Å².